The topological polar surface area (TPSA) is 51.8 Å². The Bertz CT molecular complexity index is 798. The number of nitrogens with one attached hydrogen (secondary N) is 1. The van der Waals surface area contributed by atoms with Crippen molar-refractivity contribution in [2.75, 3.05) is 52.5 Å². The number of fused-ring (bicyclic) bond motifs is 1. The molecule has 2 fully saturated rings. The summed E-state index contributed by atoms with van der Waals surface area (Å²) in [6.07, 6.45) is 0. The monoisotopic (exact) mass is 390 g/mol. The molecule has 4 heterocycles. The Balaban J connectivity index is 1.49. The number of nitrogens with zero attached hydrogens (tertiary/aromatic N) is 3. The van der Waals surface area contributed by atoms with Crippen molar-refractivity contribution in [3.05, 3.63) is 22.2 Å². The molecule has 1 N–H and O–H groups in total. The molecular weight excluding hydrogens is 360 g/mol. The molecule has 0 bridgehead atoms. The van der Waals surface area contributed by atoms with Crippen LogP contribution in [0.5, 0.6) is 0 Å². The molecule has 2 aromatic rings. The van der Waals surface area contributed by atoms with Gasteiger partial charge in [0.25, 0.3) is 5.91 Å². The first-order chi connectivity index (χ1) is 13.0. The van der Waals surface area contributed by atoms with Gasteiger partial charge in [-0.3, -0.25) is 14.6 Å². The second-order valence-corrected chi connectivity index (χ2v) is 9.13. The van der Waals surface area contributed by atoms with Crippen LogP contribution in [-0.2, 0) is 11.3 Å². The van der Waals surface area contributed by atoms with Crippen LogP contribution in [0.25, 0.3) is 10.2 Å². The van der Waals surface area contributed by atoms with Crippen molar-refractivity contribution in [3.8, 4) is 0 Å². The predicted molar refractivity (Wildman–Crippen MR) is 110 cm³/mol. The van der Waals surface area contributed by atoms with Crippen LogP contribution in [0.1, 0.15) is 34.8 Å². The van der Waals surface area contributed by atoms with Gasteiger partial charge < -0.3 is 14.6 Å². The first-order valence-corrected chi connectivity index (χ1v) is 10.8. The summed E-state index contributed by atoms with van der Waals surface area (Å²) in [6, 6.07) is 2.59. The van der Waals surface area contributed by atoms with E-state index >= 15 is 0 Å². The third-order valence-corrected chi connectivity index (χ3v) is 6.91. The molecular formula is C20H30N4O2S. The lowest BCUT2D eigenvalue weighted by Gasteiger charge is -2.36. The van der Waals surface area contributed by atoms with E-state index in [1.807, 2.05) is 11.0 Å². The summed E-state index contributed by atoms with van der Waals surface area (Å²) < 4.78 is 6.66. The number of aromatic nitrogens is 1. The Kier molecular flexibility index (Phi) is 5.55. The maximum atomic E-state index is 13.0. The van der Waals surface area contributed by atoms with E-state index in [0.29, 0.717) is 6.04 Å². The molecule has 2 aromatic heterocycles. The lowest BCUT2D eigenvalue weighted by atomic mass is 10.2. The molecule has 2 aliphatic heterocycles. The second kappa shape index (κ2) is 7.91. The SMILES string of the molecule is Cc1sc2cc(C(=O)N3CCN(C(C)C)CC3)[nH]c2c1CN1CCOCC1. The molecule has 0 unspecified atom stereocenters. The number of piperazine rings is 1. The van der Waals surface area contributed by atoms with Gasteiger partial charge in [-0.25, -0.2) is 0 Å². The first kappa shape index (κ1) is 18.9. The Morgan fingerprint density at radius 2 is 1.89 bits per heavy atom. The lowest BCUT2D eigenvalue weighted by Crippen LogP contribution is -2.50. The Morgan fingerprint density at radius 1 is 1.19 bits per heavy atom. The van der Waals surface area contributed by atoms with Crippen molar-refractivity contribution in [2.24, 2.45) is 0 Å². The number of carbonyl (C=O) groups excluding carboxylic acids is 1. The minimum Gasteiger partial charge on any atom is -0.379 e. The van der Waals surface area contributed by atoms with Crippen molar-refractivity contribution >= 4 is 27.5 Å². The van der Waals surface area contributed by atoms with Crippen LogP contribution in [0.3, 0.4) is 0 Å². The summed E-state index contributed by atoms with van der Waals surface area (Å²) in [5.41, 5.74) is 3.21. The Labute approximate surface area is 165 Å². The van der Waals surface area contributed by atoms with Crippen molar-refractivity contribution < 1.29 is 9.53 Å². The van der Waals surface area contributed by atoms with E-state index in [2.05, 4.69) is 35.6 Å². The number of rotatable bonds is 4. The third kappa shape index (κ3) is 3.92. The molecule has 4 rings (SSSR count). The molecule has 1 amide bonds. The first-order valence-electron chi connectivity index (χ1n) is 9.97. The van der Waals surface area contributed by atoms with Crippen LogP contribution in [-0.4, -0.2) is 84.1 Å². The van der Waals surface area contributed by atoms with E-state index in [0.717, 1.165) is 70.2 Å². The van der Waals surface area contributed by atoms with Gasteiger partial charge in [0.2, 0.25) is 0 Å². The number of hydrogen-bond donors (Lipinski definition) is 1. The van der Waals surface area contributed by atoms with Crippen LogP contribution in [0.15, 0.2) is 6.07 Å². The van der Waals surface area contributed by atoms with Crippen LogP contribution in [0.4, 0.5) is 0 Å². The number of amides is 1. The fraction of sp³-hybridized carbons (Fsp3) is 0.650. The molecule has 0 spiro atoms. The summed E-state index contributed by atoms with van der Waals surface area (Å²) in [5, 5.41) is 0. The number of morpholine rings is 1. The second-order valence-electron chi connectivity index (χ2n) is 7.87. The fourth-order valence-corrected chi connectivity index (χ4v) is 5.12. The van der Waals surface area contributed by atoms with Gasteiger partial charge in [-0.15, -0.1) is 11.3 Å². The number of ether oxygens (including phenoxy) is 1. The summed E-state index contributed by atoms with van der Waals surface area (Å²) in [5.74, 6) is 0.136. The zero-order chi connectivity index (χ0) is 19.0. The molecule has 2 saturated heterocycles. The normalized spacial score (nSPS) is 20.1. The minimum atomic E-state index is 0.136. The van der Waals surface area contributed by atoms with Crippen molar-refractivity contribution in [1.82, 2.24) is 19.7 Å². The molecule has 2 aliphatic rings. The molecule has 0 aliphatic carbocycles. The molecule has 6 nitrogen and oxygen atoms in total. The fourth-order valence-electron chi connectivity index (χ4n) is 4.04. The Morgan fingerprint density at radius 3 is 2.56 bits per heavy atom. The van der Waals surface area contributed by atoms with E-state index in [9.17, 15) is 4.79 Å². The van der Waals surface area contributed by atoms with Crippen LogP contribution >= 0.6 is 11.3 Å². The van der Waals surface area contributed by atoms with E-state index in [-0.39, 0.29) is 5.91 Å². The van der Waals surface area contributed by atoms with Gasteiger partial charge >= 0.3 is 0 Å². The molecule has 0 atom stereocenters. The van der Waals surface area contributed by atoms with Crippen LogP contribution in [0.2, 0.25) is 0 Å². The molecule has 0 aromatic carbocycles. The number of hydrogen-bond acceptors (Lipinski definition) is 5. The van der Waals surface area contributed by atoms with Gasteiger partial charge in [-0.1, -0.05) is 0 Å². The summed E-state index contributed by atoms with van der Waals surface area (Å²) in [7, 11) is 0. The average Bonchev–Trinajstić information content (AvgIpc) is 3.21. The van der Waals surface area contributed by atoms with Gasteiger partial charge in [0.15, 0.2) is 0 Å². The quantitative estimate of drug-likeness (QED) is 0.872. The van der Waals surface area contributed by atoms with E-state index in [1.165, 1.54) is 15.1 Å². The highest BCUT2D eigenvalue weighted by Gasteiger charge is 2.25. The van der Waals surface area contributed by atoms with E-state index in [1.54, 1.807) is 11.3 Å². The maximum Gasteiger partial charge on any atom is 0.270 e. The van der Waals surface area contributed by atoms with Crippen molar-refractivity contribution in [2.45, 2.75) is 33.4 Å². The van der Waals surface area contributed by atoms with Gasteiger partial charge in [0, 0.05) is 62.3 Å². The third-order valence-electron chi connectivity index (χ3n) is 5.82. The van der Waals surface area contributed by atoms with Crippen LogP contribution < -0.4 is 0 Å². The van der Waals surface area contributed by atoms with Gasteiger partial charge in [-0.05, 0) is 26.8 Å². The zero-order valence-corrected chi connectivity index (χ0v) is 17.4. The number of thiophene rings is 1. The summed E-state index contributed by atoms with van der Waals surface area (Å²) >= 11 is 1.79. The zero-order valence-electron chi connectivity index (χ0n) is 16.6. The molecule has 148 valence electrons. The van der Waals surface area contributed by atoms with E-state index in [4.69, 9.17) is 4.74 Å². The smallest absolute Gasteiger partial charge is 0.270 e. The average molecular weight is 391 g/mol. The summed E-state index contributed by atoms with van der Waals surface area (Å²) in [4.78, 5) is 24.6. The van der Waals surface area contributed by atoms with Crippen molar-refractivity contribution in [3.63, 3.8) is 0 Å². The number of carbonyl (C=O) groups is 1. The number of aromatic amines is 1. The Hall–Kier alpha value is -1.41. The standard InChI is InChI=1S/C20H30N4O2S/c1-14(2)23-4-6-24(7-5-23)20(25)17-12-18-19(21-17)16(15(3)27-18)13-22-8-10-26-11-9-22/h12,14,21H,4-11,13H2,1-3H3. The predicted octanol–water partition coefficient (Wildman–Crippen LogP) is 2.54. The highest BCUT2D eigenvalue weighted by molar-refractivity contribution is 7.19. The van der Waals surface area contributed by atoms with Crippen molar-refractivity contribution in [1.29, 1.82) is 0 Å². The largest absolute Gasteiger partial charge is 0.379 e. The van der Waals surface area contributed by atoms with E-state index < -0.39 is 0 Å². The van der Waals surface area contributed by atoms with Gasteiger partial charge in [0.05, 0.1) is 23.4 Å². The minimum absolute atomic E-state index is 0.136. The molecule has 7 heteroatoms. The maximum absolute atomic E-state index is 13.0. The number of aryl methyl sites for hydroxylation is 1. The lowest BCUT2D eigenvalue weighted by molar-refractivity contribution is 0.0343. The van der Waals surface area contributed by atoms with Gasteiger partial charge in [0.1, 0.15) is 5.69 Å². The molecule has 27 heavy (non-hydrogen) atoms. The highest BCUT2D eigenvalue weighted by atomic mass is 32.1. The molecule has 0 radical (unpaired) electrons. The highest BCUT2D eigenvalue weighted by Crippen LogP contribution is 2.32. The van der Waals surface area contributed by atoms with Gasteiger partial charge in [-0.2, -0.15) is 0 Å². The van der Waals surface area contributed by atoms with Crippen LogP contribution in [0, 0.1) is 6.92 Å². The molecule has 0 saturated carbocycles. The summed E-state index contributed by atoms with van der Waals surface area (Å²) in [6.45, 7) is 14.6. The number of H-pyrrole nitrogens is 1.